The SMILES string of the molecule is Nc1nc(C2CC(O)C2)cc(N2CCC(CCN3CCCC3=O)CC2)n1. The summed E-state index contributed by atoms with van der Waals surface area (Å²) in [5, 5.41) is 9.53. The van der Waals surface area contributed by atoms with Gasteiger partial charge in [0.1, 0.15) is 5.82 Å². The van der Waals surface area contributed by atoms with E-state index in [1.165, 1.54) is 0 Å². The number of nitrogens with zero attached hydrogens (tertiary/aromatic N) is 4. The van der Waals surface area contributed by atoms with Gasteiger partial charge in [-0.2, -0.15) is 4.98 Å². The highest BCUT2D eigenvalue weighted by molar-refractivity contribution is 5.78. The summed E-state index contributed by atoms with van der Waals surface area (Å²) in [7, 11) is 0. The lowest BCUT2D eigenvalue weighted by atomic mass is 9.80. The summed E-state index contributed by atoms with van der Waals surface area (Å²) in [5.41, 5.74) is 6.89. The molecule has 0 atom stereocenters. The van der Waals surface area contributed by atoms with Gasteiger partial charge in [0.2, 0.25) is 11.9 Å². The number of rotatable bonds is 5. The number of hydrogen-bond donors (Lipinski definition) is 2. The molecule has 7 heteroatoms. The van der Waals surface area contributed by atoms with Crippen molar-refractivity contribution in [1.82, 2.24) is 14.9 Å². The number of likely N-dealkylation sites (tertiary alicyclic amines) is 1. The van der Waals surface area contributed by atoms with Crippen LogP contribution in [-0.2, 0) is 4.79 Å². The number of aromatic nitrogens is 2. The van der Waals surface area contributed by atoms with E-state index in [0.29, 0.717) is 23.7 Å². The number of aliphatic hydroxyl groups is 1. The topological polar surface area (TPSA) is 95.6 Å². The summed E-state index contributed by atoms with van der Waals surface area (Å²) >= 11 is 0. The molecule has 1 saturated carbocycles. The van der Waals surface area contributed by atoms with E-state index in [1.54, 1.807) is 0 Å². The minimum atomic E-state index is -0.196. The molecule has 3 fully saturated rings. The van der Waals surface area contributed by atoms with Gasteiger partial charge in [0.25, 0.3) is 0 Å². The van der Waals surface area contributed by atoms with Crippen molar-refractivity contribution in [2.45, 2.75) is 57.0 Å². The number of nitrogens with two attached hydrogens (primary N) is 1. The number of piperidine rings is 1. The number of carbonyl (C=O) groups excluding carboxylic acids is 1. The van der Waals surface area contributed by atoms with Gasteiger partial charge in [0, 0.05) is 44.6 Å². The normalized spacial score (nSPS) is 27.0. The molecule has 1 amide bonds. The standard InChI is InChI=1S/C19H29N5O2/c20-19-21-16(14-10-15(25)11-14)12-17(22-19)23-7-3-13(4-8-23)5-9-24-6-1-2-18(24)26/h12-15,25H,1-11H2,(H2,20,21,22). The third kappa shape index (κ3) is 3.77. The molecule has 0 unspecified atom stereocenters. The van der Waals surface area contributed by atoms with E-state index in [1.807, 2.05) is 4.90 Å². The highest BCUT2D eigenvalue weighted by atomic mass is 16.3. The van der Waals surface area contributed by atoms with Gasteiger partial charge in [-0.1, -0.05) is 0 Å². The minimum Gasteiger partial charge on any atom is -0.393 e. The van der Waals surface area contributed by atoms with Gasteiger partial charge in [0.05, 0.1) is 11.8 Å². The Morgan fingerprint density at radius 3 is 2.62 bits per heavy atom. The molecular weight excluding hydrogens is 330 g/mol. The lowest BCUT2D eigenvalue weighted by Gasteiger charge is -2.35. The number of aliphatic hydroxyl groups excluding tert-OH is 1. The number of nitrogen functional groups attached to an aromatic ring is 1. The van der Waals surface area contributed by atoms with E-state index >= 15 is 0 Å². The first kappa shape index (κ1) is 17.5. The maximum absolute atomic E-state index is 11.7. The van der Waals surface area contributed by atoms with Crippen LogP contribution >= 0.6 is 0 Å². The first-order valence-electron chi connectivity index (χ1n) is 9.93. The minimum absolute atomic E-state index is 0.196. The van der Waals surface area contributed by atoms with E-state index in [9.17, 15) is 9.90 Å². The molecule has 26 heavy (non-hydrogen) atoms. The Morgan fingerprint density at radius 1 is 1.19 bits per heavy atom. The van der Waals surface area contributed by atoms with Gasteiger partial charge in [-0.3, -0.25) is 4.79 Å². The molecule has 3 heterocycles. The van der Waals surface area contributed by atoms with Crippen molar-refractivity contribution >= 4 is 17.7 Å². The average molecular weight is 359 g/mol. The molecule has 142 valence electrons. The summed E-state index contributed by atoms with van der Waals surface area (Å²) in [6, 6.07) is 2.05. The molecule has 4 rings (SSSR count). The second kappa shape index (κ2) is 7.39. The van der Waals surface area contributed by atoms with Crippen molar-refractivity contribution in [3.05, 3.63) is 11.8 Å². The molecule has 0 spiro atoms. The fourth-order valence-corrected chi connectivity index (χ4v) is 4.40. The average Bonchev–Trinajstić information content (AvgIpc) is 3.02. The van der Waals surface area contributed by atoms with Crippen LogP contribution in [0.4, 0.5) is 11.8 Å². The number of amides is 1. The van der Waals surface area contributed by atoms with E-state index in [2.05, 4.69) is 20.9 Å². The van der Waals surface area contributed by atoms with Crippen LogP contribution in [-0.4, -0.2) is 58.2 Å². The van der Waals surface area contributed by atoms with Crippen molar-refractivity contribution in [2.75, 3.05) is 36.8 Å². The van der Waals surface area contributed by atoms with Crippen LogP contribution in [0.3, 0.4) is 0 Å². The van der Waals surface area contributed by atoms with Crippen LogP contribution in [0, 0.1) is 5.92 Å². The maximum atomic E-state index is 11.7. The van der Waals surface area contributed by atoms with E-state index in [4.69, 9.17) is 5.73 Å². The van der Waals surface area contributed by atoms with Gasteiger partial charge in [-0.15, -0.1) is 0 Å². The molecule has 7 nitrogen and oxygen atoms in total. The molecular formula is C19H29N5O2. The Kier molecular flexibility index (Phi) is 4.98. The molecule has 0 radical (unpaired) electrons. The van der Waals surface area contributed by atoms with Crippen LogP contribution in [0.15, 0.2) is 6.07 Å². The first-order chi connectivity index (χ1) is 12.6. The zero-order chi connectivity index (χ0) is 18.1. The van der Waals surface area contributed by atoms with Crippen LogP contribution in [0.1, 0.15) is 56.6 Å². The Labute approximate surface area is 154 Å². The van der Waals surface area contributed by atoms with Crippen LogP contribution < -0.4 is 10.6 Å². The number of hydrogen-bond acceptors (Lipinski definition) is 6. The lowest BCUT2D eigenvalue weighted by Crippen LogP contribution is -2.36. The van der Waals surface area contributed by atoms with Crippen LogP contribution in [0.2, 0.25) is 0 Å². The Bertz CT molecular complexity index is 653. The summed E-state index contributed by atoms with van der Waals surface area (Å²) in [6.07, 6.45) is 6.46. The summed E-state index contributed by atoms with van der Waals surface area (Å²) in [6.45, 7) is 3.80. The summed E-state index contributed by atoms with van der Waals surface area (Å²) in [4.78, 5) is 24.9. The fraction of sp³-hybridized carbons (Fsp3) is 0.737. The van der Waals surface area contributed by atoms with Gasteiger partial charge in [-0.25, -0.2) is 4.98 Å². The first-order valence-corrected chi connectivity index (χ1v) is 9.93. The molecule has 1 aromatic heterocycles. The predicted molar refractivity (Wildman–Crippen MR) is 99.8 cm³/mol. The van der Waals surface area contributed by atoms with Crippen LogP contribution in [0.5, 0.6) is 0 Å². The maximum Gasteiger partial charge on any atom is 0.222 e. The van der Waals surface area contributed by atoms with Gasteiger partial charge in [0.15, 0.2) is 0 Å². The Balaban J connectivity index is 1.31. The van der Waals surface area contributed by atoms with E-state index < -0.39 is 0 Å². The smallest absolute Gasteiger partial charge is 0.222 e. The highest BCUT2D eigenvalue weighted by Gasteiger charge is 2.31. The number of anilines is 2. The molecule has 3 aliphatic rings. The molecule has 0 bridgehead atoms. The zero-order valence-corrected chi connectivity index (χ0v) is 15.3. The van der Waals surface area contributed by atoms with Crippen molar-refractivity contribution in [3.63, 3.8) is 0 Å². The highest BCUT2D eigenvalue weighted by Crippen LogP contribution is 2.37. The van der Waals surface area contributed by atoms with Gasteiger partial charge >= 0.3 is 0 Å². The molecule has 1 aromatic rings. The van der Waals surface area contributed by atoms with Gasteiger partial charge < -0.3 is 20.6 Å². The fourth-order valence-electron chi connectivity index (χ4n) is 4.40. The summed E-state index contributed by atoms with van der Waals surface area (Å²) in [5.74, 6) is 2.56. The van der Waals surface area contributed by atoms with Crippen molar-refractivity contribution in [2.24, 2.45) is 5.92 Å². The monoisotopic (exact) mass is 359 g/mol. The van der Waals surface area contributed by atoms with Crippen molar-refractivity contribution < 1.29 is 9.90 Å². The molecule has 2 saturated heterocycles. The van der Waals surface area contributed by atoms with E-state index in [0.717, 1.165) is 82.6 Å². The van der Waals surface area contributed by atoms with Crippen molar-refractivity contribution in [3.8, 4) is 0 Å². The zero-order valence-electron chi connectivity index (χ0n) is 15.3. The molecule has 3 N–H and O–H groups in total. The Hall–Kier alpha value is -1.89. The molecule has 2 aliphatic heterocycles. The number of carbonyl (C=O) groups is 1. The molecule has 1 aliphatic carbocycles. The molecule has 0 aromatic carbocycles. The van der Waals surface area contributed by atoms with E-state index in [-0.39, 0.29) is 6.10 Å². The predicted octanol–water partition coefficient (Wildman–Crippen LogP) is 1.53. The largest absolute Gasteiger partial charge is 0.393 e. The quantitative estimate of drug-likeness (QED) is 0.828. The Morgan fingerprint density at radius 2 is 1.96 bits per heavy atom. The second-order valence-corrected chi connectivity index (χ2v) is 8.03. The third-order valence-corrected chi connectivity index (χ3v) is 6.20. The lowest BCUT2D eigenvalue weighted by molar-refractivity contribution is -0.127. The van der Waals surface area contributed by atoms with Crippen molar-refractivity contribution in [1.29, 1.82) is 0 Å². The third-order valence-electron chi connectivity index (χ3n) is 6.20. The van der Waals surface area contributed by atoms with Gasteiger partial charge in [-0.05, 0) is 44.4 Å². The van der Waals surface area contributed by atoms with Crippen LogP contribution in [0.25, 0.3) is 0 Å². The second-order valence-electron chi connectivity index (χ2n) is 8.03. The summed E-state index contributed by atoms with van der Waals surface area (Å²) < 4.78 is 0.